The van der Waals surface area contributed by atoms with Gasteiger partial charge in [0, 0.05) is 26.1 Å². The molecule has 1 aromatic heterocycles. The average molecular weight is 253 g/mol. The summed E-state index contributed by atoms with van der Waals surface area (Å²) in [5.41, 5.74) is 0.536. The normalized spacial score (nSPS) is 19.8. The maximum atomic E-state index is 12.3. The highest BCUT2D eigenvalue weighted by Crippen LogP contribution is 2.20. The topological polar surface area (TPSA) is 65.4 Å². The predicted octanol–water partition coefficient (Wildman–Crippen LogP) is 0.473. The summed E-state index contributed by atoms with van der Waals surface area (Å²) in [6.45, 7) is 4.81. The van der Waals surface area contributed by atoms with Crippen molar-refractivity contribution >= 4 is 5.78 Å². The van der Waals surface area contributed by atoms with Crippen LogP contribution in [0.1, 0.15) is 23.8 Å². The molecule has 1 aliphatic heterocycles. The Morgan fingerprint density at radius 3 is 3.17 bits per heavy atom. The van der Waals surface area contributed by atoms with Crippen LogP contribution in [0.4, 0.5) is 0 Å². The second kappa shape index (κ2) is 5.97. The van der Waals surface area contributed by atoms with Crippen molar-refractivity contribution in [2.75, 3.05) is 26.8 Å². The Labute approximate surface area is 106 Å². The van der Waals surface area contributed by atoms with Gasteiger partial charge in [-0.1, -0.05) is 0 Å². The molecule has 1 N–H and O–H groups in total. The average Bonchev–Trinajstić information content (AvgIpc) is 2.82. The van der Waals surface area contributed by atoms with Gasteiger partial charge >= 0.3 is 0 Å². The first-order chi connectivity index (χ1) is 8.76. The van der Waals surface area contributed by atoms with Crippen LogP contribution in [0, 0.1) is 0 Å². The molecule has 0 saturated carbocycles. The molecule has 100 valence electrons. The van der Waals surface area contributed by atoms with Crippen molar-refractivity contribution < 1.29 is 14.3 Å². The molecule has 1 unspecified atom stereocenters. The summed E-state index contributed by atoms with van der Waals surface area (Å²) >= 11 is 0. The smallest absolute Gasteiger partial charge is 0.187 e. The number of carbonyl (C=O) groups is 1. The molecule has 6 heteroatoms. The molecule has 18 heavy (non-hydrogen) atoms. The van der Waals surface area contributed by atoms with Gasteiger partial charge in [0.05, 0.1) is 26.0 Å². The van der Waals surface area contributed by atoms with E-state index in [1.165, 1.54) is 0 Å². The summed E-state index contributed by atoms with van der Waals surface area (Å²) in [6.07, 6.45) is 1.88. The Morgan fingerprint density at radius 1 is 1.72 bits per heavy atom. The van der Waals surface area contributed by atoms with Crippen molar-refractivity contribution in [3.8, 4) is 5.75 Å². The van der Waals surface area contributed by atoms with Crippen LogP contribution in [0.3, 0.4) is 0 Å². The fourth-order valence-corrected chi connectivity index (χ4v) is 2.09. The summed E-state index contributed by atoms with van der Waals surface area (Å²) < 4.78 is 12.4. The largest absolute Gasteiger partial charge is 0.493 e. The van der Waals surface area contributed by atoms with E-state index < -0.39 is 0 Å². The molecule has 1 aliphatic rings. The molecule has 0 amide bonds. The standard InChI is InChI=1S/C12H19N3O3/c1-3-15-12(11(17-2)8-14-15)10(16)6-9-7-13-4-5-18-9/h8-9,13H,3-7H2,1-2H3. The number of methoxy groups -OCH3 is 1. The van der Waals surface area contributed by atoms with E-state index in [0.29, 0.717) is 37.6 Å². The molecule has 0 spiro atoms. The number of carbonyl (C=O) groups excluding carboxylic acids is 1. The lowest BCUT2D eigenvalue weighted by Crippen LogP contribution is -2.39. The van der Waals surface area contributed by atoms with E-state index in [-0.39, 0.29) is 11.9 Å². The lowest BCUT2D eigenvalue weighted by Gasteiger charge is -2.23. The highest BCUT2D eigenvalue weighted by Gasteiger charge is 2.23. The van der Waals surface area contributed by atoms with Gasteiger partial charge < -0.3 is 14.8 Å². The number of aromatic nitrogens is 2. The number of aryl methyl sites for hydroxylation is 1. The number of morpholine rings is 1. The maximum absolute atomic E-state index is 12.3. The summed E-state index contributed by atoms with van der Waals surface area (Å²) in [7, 11) is 1.55. The minimum atomic E-state index is -0.0591. The lowest BCUT2D eigenvalue weighted by molar-refractivity contribution is 0.0237. The second-order valence-electron chi connectivity index (χ2n) is 4.20. The van der Waals surface area contributed by atoms with Gasteiger partial charge in [0.25, 0.3) is 0 Å². The van der Waals surface area contributed by atoms with Crippen molar-refractivity contribution in [3.05, 3.63) is 11.9 Å². The molecule has 0 aromatic carbocycles. The Hall–Kier alpha value is -1.40. The molecule has 1 atom stereocenters. The third-order valence-corrected chi connectivity index (χ3v) is 3.01. The predicted molar refractivity (Wildman–Crippen MR) is 66.0 cm³/mol. The minimum Gasteiger partial charge on any atom is -0.493 e. The molecule has 1 aromatic rings. The highest BCUT2D eigenvalue weighted by atomic mass is 16.5. The van der Waals surface area contributed by atoms with Crippen molar-refractivity contribution in [1.29, 1.82) is 0 Å². The Bertz CT molecular complexity index is 389. The van der Waals surface area contributed by atoms with Gasteiger partial charge in [0.2, 0.25) is 0 Å². The number of hydrogen-bond donors (Lipinski definition) is 1. The molecule has 0 bridgehead atoms. The first-order valence-corrected chi connectivity index (χ1v) is 6.21. The first-order valence-electron chi connectivity index (χ1n) is 6.21. The molecular formula is C12H19N3O3. The van der Waals surface area contributed by atoms with Crippen LogP contribution in [-0.4, -0.2) is 48.5 Å². The van der Waals surface area contributed by atoms with E-state index in [2.05, 4.69) is 10.4 Å². The quantitative estimate of drug-likeness (QED) is 0.773. The molecule has 0 aliphatic carbocycles. The highest BCUT2D eigenvalue weighted by molar-refractivity contribution is 5.97. The van der Waals surface area contributed by atoms with Crippen molar-refractivity contribution in [2.45, 2.75) is 26.0 Å². The zero-order valence-electron chi connectivity index (χ0n) is 10.8. The van der Waals surface area contributed by atoms with E-state index in [1.54, 1.807) is 18.0 Å². The molecule has 2 heterocycles. The number of Topliss-reactive ketones (excluding diaryl/α,β-unsaturated/α-hetero) is 1. The van der Waals surface area contributed by atoms with E-state index >= 15 is 0 Å². The minimum absolute atomic E-state index is 0.0138. The second-order valence-corrected chi connectivity index (χ2v) is 4.20. The van der Waals surface area contributed by atoms with Gasteiger partial charge in [-0.25, -0.2) is 0 Å². The van der Waals surface area contributed by atoms with Crippen molar-refractivity contribution in [1.82, 2.24) is 15.1 Å². The number of nitrogens with zero attached hydrogens (tertiary/aromatic N) is 2. The van der Waals surface area contributed by atoms with Gasteiger partial charge in [-0.15, -0.1) is 0 Å². The number of hydrogen-bond acceptors (Lipinski definition) is 5. The monoisotopic (exact) mass is 253 g/mol. The zero-order valence-corrected chi connectivity index (χ0v) is 10.8. The van der Waals surface area contributed by atoms with Gasteiger partial charge in [0.15, 0.2) is 11.5 Å². The molecule has 2 rings (SSSR count). The summed E-state index contributed by atoms with van der Waals surface area (Å²) in [5.74, 6) is 0.547. The SMILES string of the molecule is CCn1ncc(OC)c1C(=O)CC1CNCCO1. The summed E-state index contributed by atoms with van der Waals surface area (Å²) in [5, 5.41) is 7.35. The number of nitrogens with one attached hydrogen (secondary N) is 1. The van der Waals surface area contributed by atoms with E-state index in [0.717, 1.165) is 6.54 Å². The maximum Gasteiger partial charge on any atom is 0.187 e. The van der Waals surface area contributed by atoms with Crippen LogP contribution in [0.5, 0.6) is 5.75 Å². The fraction of sp³-hybridized carbons (Fsp3) is 0.667. The van der Waals surface area contributed by atoms with E-state index in [9.17, 15) is 4.79 Å². The molecule has 1 fully saturated rings. The van der Waals surface area contributed by atoms with Crippen LogP contribution in [-0.2, 0) is 11.3 Å². The Morgan fingerprint density at radius 2 is 2.56 bits per heavy atom. The first kappa shape index (κ1) is 13.0. The van der Waals surface area contributed by atoms with Crippen LogP contribution in [0.15, 0.2) is 6.20 Å². The van der Waals surface area contributed by atoms with Crippen molar-refractivity contribution in [2.24, 2.45) is 0 Å². The van der Waals surface area contributed by atoms with Crippen LogP contribution < -0.4 is 10.1 Å². The molecular weight excluding hydrogens is 234 g/mol. The zero-order chi connectivity index (χ0) is 13.0. The Balaban J connectivity index is 2.09. The number of ether oxygens (including phenoxy) is 2. The van der Waals surface area contributed by atoms with Crippen molar-refractivity contribution in [3.63, 3.8) is 0 Å². The lowest BCUT2D eigenvalue weighted by atomic mass is 10.1. The summed E-state index contributed by atoms with van der Waals surface area (Å²) in [4.78, 5) is 12.3. The Kier molecular flexibility index (Phi) is 4.33. The van der Waals surface area contributed by atoms with Crippen LogP contribution in [0.25, 0.3) is 0 Å². The van der Waals surface area contributed by atoms with Gasteiger partial charge in [0.1, 0.15) is 5.69 Å². The van der Waals surface area contributed by atoms with Gasteiger partial charge in [-0.05, 0) is 6.92 Å². The third-order valence-electron chi connectivity index (χ3n) is 3.01. The van der Waals surface area contributed by atoms with E-state index in [1.807, 2.05) is 6.92 Å². The van der Waals surface area contributed by atoms with Crippen LogP contribution in [0.2, 0.25) is 0 Å². The molecule has 1 saturated heterocycles. The third kappa shape index (κ3) is 2.70. The fourth-order valence-electron chi connectivity index (χ4n) is 2.09. The van der Waals surface area contributed by atoms with Gasteiger partial charge in [-0.3, -0.25) is 9.48 Å². The number of ketones is 1. The van der Waals surface area contributed by atoms with Crippen LogP contribution >= 0.6 is 0 Å². The number of rotatable bonds is 5. The van der Waals surface area contributed by atoms with E-state index in [4.69, 9.17) is 9.47 Å². The molecule has 6 nitrogen and oxygen atoms in total. The molecule has 0 radical (unpaired) electrons. The summed E-state index contributed by atoms with van der Waals surface area (Å²) in [6, 6.07) is 0. The van der Waals surface area contributed by atoms with Gasteiger partial charge in [-0.2, -0.15) is 5.10 Å².